The SMILES string of the molecule is CCOC(=O)c1oc(-c2cc(Br)cc(Br)c2)nc1C(C)C. The van der Waals surface area contributed by atoms with Crippen LogP contribution in [0.15, 0.2) is 31.6 Å². The summed E-state index contributed by atoms with van der Waals surface area (Å²) in [6.07, 6.45) is 0. The zero-order valence-electron chi connectivity index (χ0n) is 11.9. The van der Waals surface area contributed by atoms with Crippen molar-refractivity contribution >= 4 is 37.8 Å². The molecule has 0 aliphatic carbocycles. The van der Waals surface area contributed by atoms with Gasteiger partial charge in [0, 0.05) is 14.5 Å². The number of aromatic nitrogens is 1. The average Bonchev–Trinajstić information content (AvgIpc) is 2.83. The second-order valence-electron chi connectivity index (χ2n) is 4.77. The Hall–Kier alpha value is -1.14. The highest BCUT2D eigenvalue weighted by molar-refractivity contribution is 9.11. The van der Waals surface area contributed by atoms with Crippen molar-refractivity contribution in [3.05, 3.63) is 38.6 Å². The number of hydrogen-bond acceptors (Lipinski definition) is 4. The molecule has 0 unspecified atom stereocenters. The number of carbonyl (C=O) groups excluding carboxylic acids is 1. The van der Waals surface area contributed by atoms with Gasteiger partial charge in [-0.15, -0.1) is 0 Å². The maximum Gasteiger partial charge on any atom is 0.376 e. The molecule has 0 aliphatic heterocycles. The predicted octanol–water partition coefficient (Wildman–Crippen LogP) is 5.17. The van der Waals surface area contributed by atoms with Crippen LogP contribution in [0.25, 0.3) is 11.5 Å². The number of nitrogens with zero attached hydrogens (tertiary/aromatic N) is 1. The summed E-state index contributed by atoms with van der Waals surface area (Å²) in [5, 5.41) is 0. The number of benzene rings is 1. The summed E-state index contributed by atoms with van der Waals surface area (Å²) < 4.78 is 12.5. The van der Waals surface area contributed by atoms with Gasteiger partial charge in [-0.25, -0.2) is 9.78 Å². The Morgan fingerprint density at radius 2 is 1.90 bits per heavy atom. The van der Waals surface area contributed by atoms with Gasteiger partial charge in [0.2, 0.25) is 11.7 Å². The number of esters is 1. The first-order valence-electron chi connectivity index (χ1n) is 6.56. The fraction of sp³-hybridized carbons (Fsp3) is 0.333. The molecule has 1 heterocycles. The molecule has 0 saturated heterocycles. The Bertz CT molecular complexity index is 645. The molecule has 0 bridgehead atoms. The minimum atomic E-state index is -0.478. The molecule has 1 aromatic heterocycles. The van der Waals surface area contributed by atoms with Crippen LogP contribution in [0.1, 0.15) is 42.9 Å². The minimum Gasteiger partial charge on any atom is -0.460 e. The van der Waals surface area contributed by atoms with Gasteiger partial charge >= 0.3 is 5.97 Å². The van der Waals surface area contributed by atoms with E-state index >= 15 is 0 Å². The summed E-state index contributed by atoms with van der Waals surface area (Å²) in [7, 11) is 0. The number of oxazole rings is 1. The molecule has 0 saturated carbocycles. The van der Waals surface area contributed by atoms with Gasteiger partial charge in [-0.2, -0.15) is 0 Å². The number of ether oxygens (including phenoxy) is 1. The van der Waals surface area contributed by atoms with Crippen LogP contribution in [0.3, 0.4) is 0 Å². The monoisotopic (exact) mass is 415 g/mol. The molecule has 4 nitrogen and oxygen atoms in total. The quantitative estimate of drug-likeness (QED) is 0.645. The smallest absolute Gasteiger partial charge is 0.376 e. The van der Waals surface area contributed by atoms with Crippen molar-refractivity contribution in [3.63, 3.8) is 0 Å². The molecule has 0 N–H and O–H groups in total. The Labute approximate surface area is 140 Å². The van der Waals surface area contributed by atoms with E-state index in [0.717, 1.165) is 14.5 Å². The van der Waals surface area contributed by atoms with Crippen LogP contribution >= 0.6 is 31.9 Å². The van der Waals surface area contributed by atoms with Crippen molar-refractivity contribution in [3.8, 4) is 11.5 Å². The lowest BCUT2D eigenvalue weighted by atomic mass is 10.1. The fourth-order valence-electron chi connectivity index (χ4n) is 1.87. The van der Waals surface area contributed by atoms with Gasteiger partial charge in [-0.1, -0.05) is 45.7 Å². The van der Waals surface area contributed by atoms with Gasteiger partial charge in [0.1, 0.15) is 0 Å². The van der Waals surface area contributed by atoms with Crippen molar-refractivity contribution in [2.24, 2.45) is 0 Å². The zero-order chi connectivity index (χ0) is 15.6. The van der Waals surface area contributed by atoms with Crippen molar-refractivity contribution < 1.29 is 13.9 Å². The molecule has 0 fully saturated rings. The van der Waals surface area contributed by atoms with Crippen LogP contribution in [0.5, 0.6) is 0 Å². The summed E-state index contributed by atoms with van der Waals surface area (Å²) in [4.78, 5) is 16.4. The third-order valence-electron chi connectivity index (χ3n) is 2.77. The van der Waals surface area contributed by atoms with E-state index in [-0.39, 0.29) is 11.7 Å². The van der Waals surface area contributed by atoms with Gasteiger partial charge in [0.15, 0.2) is 0 Å². The largest absolute Gasteiger partial charge is 0.460 e. The fourth-order valence-corrected chi connectivity index (χ4v) is 3.16. The average molecular weight is 417 g/mol. The zero-order valence-corrected chi connectivity index (χ0v) is 15.1. The molecule has 6 heteroatoms. The molecule has 0 atom stereocenters. The lowest BCUT2D eigenvalue weighted by Crippen LogP contribution is -2.07. The van der Waals surface area contributed by atoms with Gasteiger partial charge in [0.25, 0.3) is 0 Å². The predicted molar refractivity (Wildman–Crippen MR) is 87.4 cm³/mol. The summed E-state index contributed by atoms with van der Waals surface area (Å²) in [6, 6.07) is 5.69. The number of carbonyl (C=O) groups is 1. The van der Waals surface area contributed by atoms with Crippen LogP contribution in [0.2, 0.25) is 0 Å². The van der Waals surface area contributed by atoms with Crippen LogP contribution in [0, 0.1) is 0 Å². The highest BCUT2D eigenvalue weighted by atomic mass is 79.9. The van der Waals surface area contributed by atoms with E-state index in [9.17, 15) is 4.79 Å². The maximum absolute atomic E-state index is 12.0. The second-order valence-corrected chi connectivity index (χ2v) is 6.60. The number of halogens is 2. The van der Waals surface area contributed by atoms with Gasteiger partial charge in [-0.05, 0) is 31.0 Å². The summed E-state index contributed by atoms with van der Waals surface area (Å²) >= 11 is 6.85. The first-order valence-corrected chi connectivity index (χ1v) is 8.15. The summed E-state index contributed by atoms with van der Waals surface area (Å²) in [5.41, 5.74) is 1.40. The van der Waals surface area contributed by atoms with Crippen LogP contribution in [0.4, 0.5) is 0 Å². The van der Waals surface area contributed by atoms with Gasteiger partial charge < -0.3 is 9.15 Å². The topological polar surface area (TPSA) is 52.3 Å². The van der Waals surface area contributed by atoms with E-state index in [1.165, 1.54) is 0 Å². The molecular formula is C15H15Br2NO3. The van der Waals surface area contributed by atoms with Crippen molar-refractivity contribution in [1.82, 2.24) is 4.98 Å². The normalized spacial score (nSPS) is 11.0. The number of hydrogen-bond donors (Lipinski definition) is 0. The van der Waals surface area contributed by atoms with E-state index in [1.807, 2.05) is 32.0 Å². The minimum absolute atomic E-state index is 0.0671. The molecule has 1 aromatic carbocycles. The molecule has 0 amide bonds. The van der Waals surface area contributed by atoms with Crippen LogP contribution < -0.4 is 0 Å². The van der Waals surface area contributed by atoms with E-state index in [2.05, 4.69) is 36.8 Å². The first-order chi connectivity index (χ1) is 9.92. The Morgan fingerprint density at radius 3 is 2.43 bits per heavy atom. The van der Waals surface area contributed by atoms with E-state index in [1.54, 1.807) is 6.92 Å². The highest BCUT2D eigenvalue weighted by Crippen LogP contribution is 2.31. The van der Waals surface area contributed by atoms with E-state index < -0.39 is 5.97 Å². The molecule has 2 aromatic rings. The molecule has 112 valence electrons. The molecule has 0 aliphatic rings. The van der Waals surface area contributed by atoms with E-state index in [4.69, 9.17) is 9.15 Å². The molecular weight excluding hydrogens is 402 g/mol. The van der Waals surface area contributed by atoms with Crippen molar-refractivity contribution in [2.75, 3.05) is 6.61 Å². The van der Waals surface area contributed by atoms with Gasteiger partial charge in [0.05, 0.1) is 12.3 Å². The first kappa shape index (κ1) is 16.2. The van der Waals surface area contributed by atoms with Gasteiger partial charge in [-0.3, -0.25) is 0 Å². The standard InChI is InChI=1S/C15H15Br2NO3/c1-4-20-15(19)13-12(8(2)3)18-14(21-13)9-5-10(16)7-11(17)6-9/h5-8H,4H2,1-3H3. The number of rotatable bonds is 4. The molecule has 0 radical (unpaired) electrons. The summed E-state index contributed by atoms with van der Waals surface area (Å²) in [6.45, 7) is 5.98. The lowest BCUT2D eigenvalue weighted by molar-refractivity contribution is 0.0488. The highest BCUT2D eigenvalue weighted by Gasteiger charge is 2.24. The van der Waals surface area contributed by atoms with Crippen LogP contribution in [-0.2, 0) is 4.74 Å². The van der Waals surface area contributed by atoms with Crippen molar-refractivity contribution in [1.29, 1.82) is 0 Å². The lowest BCUT2D eigenvalue weighted by Gasteiger charge is -2.02. The third-order valence-corrected chi connectivity index (χ3v) is 3.69. The van der Waals surface area contributed by atoms with E-state index in [0.29, 0.717) is 18.2 Å². The summed E-state index contributed by atoms with van der Waals surface area (Å²) in [5.74, 6) is 0.174. The maximum atomic E-state index is 12.0. The third kappa shape index (κ3) is 3.74. The molecule has 21 heavy (non-hydrogen) atoms. The molecule has 2 rings (SSSR count). The Kier molecular flexibility index (Phi) is 5.22. The Morgan fingerprint density at radius 1 is 1.29 bits per heavy atom. The molecule has 0 spiro atoms. The van der Waals surface area contributed by atoms with Crippen LogP contribution in [-0.4, -0.2) is 17.6 Å². The second kappa shape index (κ2) is 6.75. The Balaban J connectivity index is 2.50. The van der Waals surface area contributed by atoms with Crippen molar-refractivity contribution in [2.45, 2.75) is 26.7 Å².